The van der Waals surface area contributed by atoms with Gasteiger partial charge in [0.15, 0.2) is 0 Å². The van der Waals surface area contributed by atoms with Crippen molar-refractivity contribution in [1.29, 1.82) is 0 Å². The number of piperidine rings is 1. The Balaban J connectivity index is 1.51. The fraction of sp³-hybridized carbons (Fsp3) is 0.611. The third-order valence-corrected chi connectivity index (χ3v) is 5.56. The third-order valence-electron chi connectivity index (χ3n) is 5.56. The maximum absolute atomic E-state index is 12.9. The Bertz CT molecular complexity index is 761. The molecule has 0 saturated carbocycles. The predicted molar refractivity (Wildman–Crippen MR) is 92.0 cm³/mol. The molecule has 3 aliphatic rings. The summed E-state index contributed by atoms with van der Waals surface area (Å²) >= 11 is 0. The van der Waals surface area contributed by atoms with Crippen molar-refractivity contribution >= 4 is 5.91 Å². The van der Waals surface area contributed by atoms with E-state index in [0.717, 1.165) is 44.1 Å². The van der Waals surface area contributed by atoms with E-state index in [9.17, 15) is 4.79 Å². The van der Waals surface area contributed by atoms with E-state index < -0.39 is 0 Å². The second-order valence-corrected chi connectivity index (χ2v) is 7.45. The lowest BCUT2D eigenvalue weighted by molar-refractivity contribution is 0.0584. The minimum atomic E-state index is 0.113. The zero-order valence-electron chi connectivity index (χ0n) is 15.1. The van der Waals surface area contributed by atoms with E-state index in [2.05, 4.69) is 20.1 Å². The number of nitrogens with zero attached hydrogens (tertiary/aromatic N) is 5. The number of carbonyl (C=O) groups excluding carboxylic acids is 1. The first kappa shape index (κ1) is 16.3. The normalized spacial score (nSPS) is 23.9. The summed E-state index contributed by atoms with van der Waals surface area (Å²) in [7, 11) is 1.84. The summed E-state index contributed by atoms with van der Waals surface area (Å²) in [5.74, 6) is 1.54. The molecule has 2 bridgehead atoms. The van der Waals surface area contributed by atoms with Crippen LogP contribution in [-0.4, -0.2) is 56.3 Å². The molecule has 3 saturated heterocycles. The van der Waals surface area contributed by atoms with Crippen LogP contribution in [0.1, 0.15) is 40.2 Å². The maximum atomic E-state index is 12.9. The van der Waals surface area contributed by atoms with Crippen molar-refractivity contribution < 1.29 is 9.32 Å². The van der Waals surface area contributed by atoms with Crippen LogP contribution in [0.15, 0.2) is 16.9 Å². The van der Waals surface area contributed by atoms with Gasteiger partial charge in [0.1, 0.15) is 5.76 Å². The van der Waals surface area contributed by atoms with Crippen LogP contribution >= 0.6 is 0 Å². The first-order chi connectivity index (χ1) is 12.0. The molecule has 5 heterocycles. The lowest BCUT2D eigenvalue weighted by Crippen LogP contribution is -2.47. The molecule has 3 fully saturated rings. The fourth-order valence-corrected chi connectivity index (χ4v) is 4.21. The number of hydrogen-bond donors (Lipinski definition) is 0. The van der Waals surface area contributed by atoms with E-state index in [1.54, 1.807) is 10.9 Å². The van der Waals surface area contributed by atoms with Gasteiger partial charge in [-0.05, 0) is 32.6 Å². The average molecular weight is 343 g/mol. The van der Waals surface area contributed by atoms with E-state index in [1.807, 2.05) is 27.1 Å². The van der Waals surface area contributed by atoms with Crippen LogP contribution in [0.3, 0.4) is 0 Å². The highest BCUT2D eigenvalue weighted by Crippen LogP contribution is 2.30. The van der Waals surface area contributed by atoms with Gasteiger partial charge in [-0.1, -0.05) is 5.16 Å². The van der Waals surface area contributed by atoms with Gasteiger partial charge in [0, 0.05) is 51.0 Å². The van der Waals surface area contributed by atoms with Crippen LogP contribution in [0, 0.1) is 19.8 Å². The van der Waals surface area contributed by atoms with Crippen LogP contribution in [0.2, 0.25) is 0 Å². The van der Waals surface area contributed by atoms with Crippen molar-refractivity contribution in [3.63, 3.8) is 0 Å². The molecule has 134 valence electrons. The van der Waals surface area contributed by atoms with Crippen molar-refractivity contribution in [2.24, 2.45) is 13.0 Å². The minimum Gasteiger partial charge on any atom is -0.361 e. The molecule has 0 aromatic carbocycles. The lowest BCUT2D eigenvalue weighted by atomic mass is 9.94. The van der Waals surface area contributed by atoms with E-state index in [0.29, 0.717) is 11.5 Å². The summed E-state index contributed by atoms with van der Waals surface area (Å²) in [5, 5.41) is 8.21. The van der Waals surface area contributed by atoms with Crippen molar-refractivity contribution in [2.45, 2.75) is 39.3 Å². The molecule has 25 heavy (non-hydrogen) atoms. The lowest BCUT2D eigenvalue weighted by Gasteiger charge is -2.36. The zero-order chi connectivity index (χ0) is 17.6. The van der Waals surface area contributed by atoms with Gasteiger partial charge in [0.05, 0.1) is 17.5 Å². The smallest absolute Gasteiger partial charge is 0.257 e. The molecule has 7 nitrogen and oxygen atoms in total. The standard InChI is InChI=1S/C18H25N5O2/c1-12-17(13(2)25-20-12)11-22-7-14-4-5-16(10-22)23(8-14)18(24)15-6-19-21(3)9-15/h6,9,14,16H,4-5,7-8,10-11H2,1-3H3/t14-,16+/m0/s1. The topological polar surface area (TPSA) is 67.4 Å². The first-order valence-corrected chi connectivity index (χ1v) is 8.95. The van der Waals surface area contributed by atoms with Gasteiger partial charge in [-0.25, -0.2) is 0 Å². The number of fused-ring (bicyclic) bond motifs is 4. The first-order valence-electron chi connectivity index (χ1n) is 8.95. The van der Waals surface area contributed by atoms with Gasteiger partial charge in [0.2, 0.25) is 0 Å². The van der Waals surface area contributed by atoms with Crippen LogP contribution in [0.25, 0.3) is 0 Å². The van der Waals surface area contributed by atoms with Crippen molar-refractivity contribution in [2.75, 3.05) is 19.6 Å². The summed E-state index contributed by atoms with van der Waals surface area (Å²) in [6, 6.07) is 0.270. The SMILES string of the molecule is Cc1noc(C)c1CN1C[C@@H]2CC[C@H](C1)N(C(=O)c1cnn(C)c1)C2. The van der Waals surface area contributed by atoms with E-state index >= 15 is 0 Å². The summed E-state index contributed by atoms with van der Waals surface area (Å²) in [4.78, 5) is 17.4. The number of hydrogen-bond acceptors (Lipinski definition) is 5. The van der Waals surface area contributed by atoms with E-state index in [4.69, 9.17) is 4.52 Å². The molecule has 0 N–H and O–H groups in total. The number of aryl methyl sites for hydroxylation is 3. The quantitative estimate of drug-likeness (QED) is 0.849. The molecule has 0 unspecified atom stereocenters. The van der Waals surface area contributed by atoms with Crippen LogP contribution in [0.4, 0.5) is 0 Å². The second-order valence-electron chi connectivity index (χ2n) is 7.45. The molecule has 7 heteroatoms. The van der Waals surface area contributed by atoms with Crippen LogP contribution < -0.4 is 0 Å². The van der Waals surface area contributed by atoms with Crippen LogP contribution in [0.5, 0.6) is 0 Å². The summed E-state index contributed by atoms with van der Waals surface area (Å²) in [6.07, 6.45) is 5.75. The monoisotopic (exact) mass is 343 g/mol. The molecule has 1 amide bonds. The van der Waals surface area contributed by atoms with Gasteiger partial charge in [-0.2, -0.15) is 5.10 Å². The Morgan fingerprint density at radius 3 is 2.80 bits per heavy atom. The van der Waals surface area contributed by atoms with Crippen LogP contribution in [-0.2, 0) is 13.6 Å². The third kappa shape index (κ3) is 3.08. The molecule has 2 atom stereocenters. The minimum absolute atomic E-state index is 0.113. The van der Waals surface area contributed by atoms with Crippen molar-refractivity contribution in [3.05, 3.63) is 35.0 Å². The number of amides is 1. The fourth-order valence-electron chi connectivity index (χ4n) is 4.21. The van der Waals surface area contributed by atoms with E-state index in [-0.39, 0.29) is 11.9 Å². The molecule has 3 aliphatic heterocycles. The largest absolute Gasteiger partial charge is 0.361 e. The molecule has 5 rings (SSSR count). The molecule has 2 aromatic heterocycles. The number of rotatable bonds is 3. The highest BCUT2D eigenvalue weighted by molar-refractivity contribution is 5.94. The Labute approximate surface area is 147 Å². The van der Waals surface area contributed by atoms with E-state index in [1.165, 1.54) is 12.0 Å². The van der Waals surface area contributed by atoms with Gasteiger partial charge >= 0.3 is 0 Å². The predicted octanol–water partition coefficient (Wildman–Crippen LogP) is 1.76. The Kier molecular flexibility index (Phi) is 4.11. The molecule has 0 aliphatic carbocycles. The molecule has 0 radical (unpaired) electrons. The summed E-state index contributed by atoms with van der Waals surface area (Å²) in [5.41, 5.74) is 2.84. The molecular formula is C18H25N5O2. The molecule has 2 aromatic rings. The Morgan fingerprint density at radius 2 is 2.12 bits per heavy atom. The van der Waals surface area contributed by atoms with Crippen molar-refractivity contribution in [1.82, 2.24) is 24.7 Å². The maximum Gasteiger partial charge on any atom is 0.257 e. The van der Waals surface area contributed by atoms with Gasteiger partial charge in [-0.3, -0.25) is 14.4 Å². The number of aromatic nitrogens is 3. The highest BCUT2D eigenvalue weighted by Gasteiger charge is 2.38. The summed E-state index contributed by atoms with van der Waals surface area (Å²) < 4.78 is 6.99. The number of carbonyl (C=O) groups is 1. The second kappa shape index (κ2) is 6.29. The van der Waals surface area contributed by atoms with Crippen molar-refractivity contribution in [3.8, 4) is 0 Å². The van der Waals surface area contributed by atoms with Gasteiger partial charge < -0.3 is 9.42 Å². The molecular weight excluding hydrogens is 318 g/mol. The van der Waals surface area contributed by atoms with Gasteiger partial charge in [0.25, 0.3) is 5.91 Å². The molecule has 0 spiro atoms. The van der Waals surface area contributed by atoms with Gasteiger partial charge in [-0.15, -0.1) is 0 Å². The average Bonchev–Trinajstić information content (AvgIpc) is 3.02. The Morgan fingerprint density at radius 1 is 1.28 bits per heavy atom. The Hall–Kier alpha value is -2.15. The summed E-state index contributed by atoms with van der Waals surface area (Å²) in [6.45, 7) is 7.60. The highest BCUT2D eigenvalue weighted by atomic mass is 16.5. The zero-order valence-corrected chi connectivity index (χ0v) is 15.1.